The van der Waals surface area contributed by atoms with Crippen molar-refractivity contribution in [3.63, 3.8) is 0 Å². The van der Waals surface area contributed by atoms with Crippen LogP contribution in [-0.4, -0.2) is 4.57 Å². The molecule has 0 bridgehead atoms. The summed E-state index contributed by atoms with van der Waals surface area (Å²) in [6, 6.07) is 18.0. The summed E-state index contributed by atoms with van der Waals surface area (Å²) in [5.41, 5.74) is 2.45. The highest BCUT2D eigenvalue weighted by Gasteiger charge is 2.14. The van der Waals surface area contributed by atoms with Gasteiger partial charge in [0.2, 0.25) is 0 Å². The highest BCUT2D eigenvalue weighted by atomic mass is 19.1. The fourth-order valence-electron chi connectivity index (χ4n) is 3.35. The topological polar surface area (TPSA) is 4.93 Å². The van der Waals surface area contributed by atoms with Crippen molar-refractivity contribution in [3.05, 3.63) is 60.4 Å². The van der Waals surface area contributed by atoms with Gasteiger partial charge in [0.1, 0.15) is 5.82 Å². The Bertz CT molecular complexity index is 979. The minimum Gasteiger partial charge on any atom is -0.338 e. The second-order valence-corrected chi connectivity index (χ2v) is 5.81. The predicted molar refractivity (Wildman–Crippen MR) is 87.3 cm³/mol. The Morgan fingerprint density at radius 2 is 1.67 bits per heavy atom. The van der Waals surface area contributed by atoms with Gasteiger partial charge in [-0.3, -0.25) is 0 Å². The van der Waals surface area contributed by atoms with Crippen molar-refractivity contribution < 1.29 is 4.39 Å². The molecule has 1 aromatic heterocycles. The van der Waals surface area contributed by atoms with Crippen LogP contribution in [0.15, 0.2) is 54.6 Å². The number of nitrogens with zero attached hydrogens (tertiary/aromatic N) is 1. The van der Waals surface area contributed by atoms with Crippen LogP contribution in [0, 0.1) is 5.82 Å². The van der Waals surface area contributed by atoms with Gasteiger partial charge in [-0.2, -0.15) is 0 Å². The van der Waals surface area contributed by atoms with Gasteiger partial charge in [-0.25, -0.2) is 4.39 Å². The molecule has 3 aromatic carbocycles. The van der Waals surface area contributed by atoms with E-state index in [4.69, 9.17) is 0 Å². The van der Waals surface area contributed by atoms with Crippen molar-refractivity contribution in [1.29, 1.82) is 0 Å². The molecule has 0 N–H and O–H groups in total. The molecule has 0 saturated carbocycles. The lowest BCUT2D eigenvalue weighted by atomic mass is 10.0. The Kier molecular flexibility index (Phi) is 2.55. The number of hydrogen-bond donors (Lipinski definition) is 0. The molecule has 0 fully saturated rings. The average Bonchev–Trinajstić information content (AvgIpc) is 2.81. The molecule has 4 rings (SSSR count). The van der Waals surface area contributed by atoms with Crippen molar-refractivity contribution in [2.75, 3.05) is 0 Å². The monoisotopic (exact) mass is 277 g/mol. The van der Waals surface area contributed by atoms with E-state index < -0.39 is 0 Å². The predicted octanol–water partition coefficient (Wildman–Crippen LogP) is 5.67. The summed E-state index contributed by atoms with van der Waals surface area (Å²) in [7, 11) is 0. The van der Waals surface area contributed by atoms with E-state index in [1.165, 1.54) is 21.8 Å². The van der Waals surface area contributed by atoms with Gasteiger partial charge < -0.3 is 4.57 Å². The van der Waals surface area contributed by atoms with E-state index in [1.807, 2.05) is 12.1 Å². The molecule has 0 amide bonds. The maximum absolute atomic E-state index is 13.5. The smallest absolute Gasteiger partial charge is 0.123 e. The third-order valence-corrected chi connectivity index (χ3v) is 4.17. The second-order valence-electron chi connectivity index (χ2n) is 5.81. The Balaban J connectivity index is 2.31. The normalized spacial score (nSPS) is 12.0. The van der Waals surface area contributed by atoms with E-state index in [2.05, 4.69) is 48.7 Å². The van der Waals surface area contributed by atoms with Gasteiger partial charge in [-0.1, -0.05) is 30.3 Å². The molecule has 0 spiro atoms. The van der Waals surface area contributed by atoms with E-state index in [1.54, 1.807) is 12.1 Å². The maximum atomic E-state index is 13.5. The van der Waals surface area contributed by atoms with Gasteiger partial charge in [-0.05, 0) is 48.9 Å². The SMILES string of the molecule is CC(C)n1c2ccccc2c2c3ccc(F)cc3ccc21. The molecule has 0 saturated heterocycles. The molecule has 0 aliphatic rings. The summed E-state index contributed by atoms with van der Waals surface area (Å²) >= 11 is 0. The molecule has 0 unspecified atom stereocenters. The van der Waals surface area contributed by atoms with Crippen LogP contribution in [0.5, 0.6) is 0 Å². The zero-order chi connectivity index (χ0) is 14.6. The molecule has 0 atom stereocenters. The van der Waals surface area contributed by atoms with Crippen molar-refractivity contribution >= 4 is 32.6 Å². The van der Waals surface area contributed by atoms with Gasteiger partial charge in [0.15, 0.2) is 0 Å². The standard InChI is InChI=1S/C19H16FN/c1-12(2)21-17-6-4-3-5-16(17)19-15-9-8-14(20)11-13(15)7-10-18(19)21/h3-12H,1-2H3. The Hall–Kier alpha value is -2.35. The molecule has 4 aromatic rings. The van der Waals surface area contributed by atoms with E-state index in [-0.39, 0.29) is 5.82 Å². The zero-order valence-corrected chi connectivity index (χ0v) is 12.1. The van der Waals surface area contributed by atoms with E-state index in [0.29, 0.717) is 6.04 Å². The van der Waals surface area contributed by atoms with Gasteiger partial charge in [-0.15, -0.1) is 0 Å². The molecule has 21 heavy (non-hydrogen) atoms. The molecular formula is C19H16FN. The van der Waals surface area contributed by atoms with Gasteiger partial charge >= 0.3 is 0 Å². The van der Waals surface area contributed by atoms with Gasteiger partial charge in [0.25, 0.3) is 0 Å². The first-order valence-electron chi connectivity index (χ1n) is 7.28. The molecule has 1 nitrogen and oxygen atoms in total. The Morgan fingerprint density at radius 1 is 0.857 bits per heavy atom. The summed E-state index contributed by atoms with van der Waals surface area (Å²) in [6.07, 6.45) is 0. The lowest BCUT2D eigenvalue weighted by molar-refractivity contribution is 0.629. The number of hydrogen-bond acceptors (Lipinski definition) is 0. The summed E-state index contributed by atoms with van der Waals surface area (Å²) in [5, 5.41) is 4.52. The quantitative estimate of drug-likeness (QED) is 0.422. The van der Waals surface area contributed by atoms with Crippen LogP contribution in [0.25, 0.3) is 32.6 Å². The molecule has 0 radical (unpaired) electrons. The maximum Gasteiger partial charge on any atom is 0.123 e. The molecule has 0 aliphatic carbocycles. The Morgan fingerprint density at radius 3 is 2.48 bits per heavy atom. The molecule has 104 valence electrons. The third kappa shape index (κ3) is 1.69. The zero-order valence-electron chi connectivity index (χ0n) is 12.1. The lowest BCUT2D eigenvalue weighted by Crippen LogP contribution is -1.99. The van der Waals surface area contributed by atoms with Crippen LogP contribution in [0.3, 0.4) is 0 Å². The van der Waals surface area contributed by atoms with Crippen molar-refractivity contribution in [1.82, 2.24) is 4.57 Å². The van der Waals surface area contributed by atoms with Crippen molar-refractivity contribution in [3.8, 4) is 0 Å². The number of fused-ring (bicyclic) bond motifs is 5. The molecule has 1 heterocycles. The van der Waals surface area contributed by atoms with E-state index in [0.717, 1.165) is 10.8 Å². The highest BCUT2D eigenvalue weighted by molar-refractivity contribution is 6.20. The molecular weight excluding hydrogens is 261 g/mol. The van der Waals surface area contributed by atoms with Crippen LogP contribution in [0.2, 0.25) is 0 Å². The second kappa shape index (κ2) is 4.32. The fraction of sp³-hybridized carbons (Fsp3) is 0.158. The van der Waals surface area contributed by atoms with Crippen LogP contribution >= 0.6 is 0 Å². The van der Waals surface area contributed by atoms with E-state index in [9.17, 15) is 4.39 Å². The summed E-state index contributed by atoms with van der Waals surface area (Å²) in [4.78, 5) is 0. The van der Waals surface area contributed by atoms with Crippen LogP contribution in [0.4, 0.5) is 4.39 Å². The minimum absolute atomic E-state index is 0.186. The number of aromatic nitrogens is 1. The summed E-state index contributed by atoms with van der Waals surface area (Å²) in [5.74, 6) is -0.186. The summed E-state index contributed by atoms with van der Waals surface area (Å²) < 4.78 is 15.8. The largest absolute Gasteiger partial charge is 0.338 e. The number of rotatable bonds is 1. The number of benzene rings is 3. The van der Waals surface area contributed by atoms with Crippen molar-refractivity contribution in [2.45, 2.75) is 19.9 Å². The summed E-state index contributed by atoms with van der Waals surface area (Å²) in [6.45, 7) is 4.39. The third-order valence-electron chi connectivity index (χ3n) is 4.17. The number of halogens is 1. The van der Waals surface area contributed by atoms with Crippen LogP contribution in [0.1, 0.15) is 19.9 Å². The lowest BCUT2D eigenvalue weighted by Gasteiger charge is -2.11. The average molecular weight is 277 g/mol. The minimum atomic E-state index is -0.186. The first-order valence-corrected chi connectivity index (χ1v) is 7.28. The first kappa shape index (κ1) is 12.4. The highest BCUT2D eigenvalue weighted by Crippen LogP contribution is 2.36. The Labute approximate surface area is 122 Å². The molecule has 0 aliphatic heterocycles. The van der Waals surface area contributed by atoms with Gasteiger partial charge in [0.05, 0.1) is 0 Å². The first-order chi connectivity index (χ1) is 10.2. The van der Waals surface area contributed by atoms with Crippen LogP contribution < -0.4 is 0 Å². The fourth-order valence-corrected chi connectivity index (χ4v) is 3.35. The number of para-hydroxylation sites is 1. The van der Waals surface area contributed by atoms with Crippen LogP contribution in [-0.2, 0) is 0 Å². The van der Waals surface area contributed by atoms with E-state index >= 15 is 0 Å². The van der Waals surface area contributed by atoms with Crippen molar-refractivity contribution in [2.24, 2.45) is 0 Å². The van der Waals surface area contributed by atoms with Gasteiger partial charge in [0, 0.05) is 27.8 Å². The molecule has 2 heteroatoms.